The first kappa shape index (κ1) is 25.1. The summed E-state index contributed by atoms with van der Waals surface area (Å²) in [6.45, 7) is -4.16. The van der Waals surface area contributed by atoms with Gasteiger partial charge in [-0.3, -0.25) is 4.55 Å². The van der Waals surface area contributed by atoms with Gasteiger partial charge >= 0.3 is 30.4 Å². The number of alkyl halides is 10. The third-order valence-corrected chi connectivity index (χ3v) is 2.82. The minimum Gasteiger partial charge on any atom is -0.371 e. The summed E-state index contributed by atoms with van der Waals surface area (Å²) >= 11 is 0. The quantitative estimate of drug-likeness (QED) is 0.305. The molecule has 0 radical (unpaired) electrons. The Kier molecular flexibility index (Phi) is 7.34. The third-order valence-electron chi connectivity index (χ3n) is 2.14. The van der Waals surface area contributed by atoms with Crippen LogP contribution in [-0.2, 0) is 24.3 Å². The van der Waals surface area contributed by atoms with Gasteiger partial charge in [0.2, 0.25) is 0 Å². The molecule has 0 saturated heterocycles. The third kappa shape index (κ3) is 7.77. The van der Waals surface area contributed by atoms with Gasteiger partial charge in [0.25, 0.3) is 10.1 Å². The van der Waals surface area contributed by atoms with Crippen molar-refractivity contribution in [1.82, 2.24) is 0 Å². The molecule has 0 saturated carbocycles. The molecular formula is C9H10F10O6S. The zero-order valence-electron chi connectivity index (χ0n) is 12.3. The van der Waals surface area contributed by atoms with Crippen LogP contribution in [0.1, 0.15) is 6.92 Å². The second-order valence-corrected chi connectivity index (χ2v) is 6.19. The van der Waals surface area contributed by atoms with E-state index >= 15 is 0 Å². The summed E-state index contributed by atoms with van der Waals surface area (Å²) in [5.74, 6) is -6.66. The van der Waals surface area contributed by atoms with Crippen molar-refractivity contribution in [2.24, 2.45) is 0 Å². The van der Waals surface area contributed by atoms with Gasteiger partial charge < -0.3 is 4.74 Å². The molecule has 0 amide bonds. The second kappa shape index (κ2) is 7.61. The zero-order chi connectivity index (χ0) is 21.2. The smallest absolute Gasteiger partial charge is 0.371 e. The second-order valence-electron chi connectivity index (χ2n) is 4.62. The van der Waals surface area contributed by atoms with Gasteiger partial charge in [0, 0.05) is 6.92 Å². The van der Waals surface area contributed by atoms with Crippen molar-refractivity contribution < 1.29 is 71.1 Å². The molecule has 0 bridgehead atoms. The highest BCUT2D eigenvalue weighted by Gasteiger charge is 2.70. The predicted molar refractivity (Wildman–Crippen MR) is 59.8 cm³/mol. The summed E-state index contributed by atoms with van der Waals surface area (Å²) < 4.78 is 164. The fourth-order valence-corrected chi connectivity index (χ4v) is 1.27. The summed E-state index contributed by atoms with van der Waals surface area (Å²) in [6, 6.07) is 0. The summed E-state index contributed by atoms with van der Waals surface area (Å²) in [5.41, 5.74) is 0. The lowest BCUT2D eigenvalue weighted by Crippen LogP contribution is -2.55. The Labute approximate surface area is 138 Å². The van der Waals surface area contributed by atoms with E-state index in [9.17, 15) is 52.3 Å². The van der Waals surface area contributed by atoms with E-state index in [2.05, 4.69) is 9.47 Å². The van der Waals surface area contributed by atoms with Gasteiger partial charge in [0.15, 0.2) is 0 Å². The van der Waals surface area contributed by atoms with Gasteiger partial charge in [-0.15, -0.1) is 0 Å². The van der Waals surface area contributed by atoms with E-state index in [-0.39, 0.29) is 0 Å². The topological polar surface area (TPSA) is 82.1 Å². The lowest BCUT2D eigenvalue weighted by molar-refractivity contribution is -0.528. The molecule has 0 aromatic carbocycles. The van der Waals surface area contributed by atoms with Crippen LogP contribution in [0.15, 0.2) is 0 Å². The zero-order valence-corrected chi connectivity index (χ0v) is 13.1. The first-order valence-corrected chi connectivity index (χ1v) is 7.55. The van der Waals surface area contributed by atoms with Gasteiger partial charge in [0.1, 0.15) is 6.61 Å². The Bertz CT molecular complexity index is 572. The standard InChI is InChI=1S/C9H10F10O6S/c1-5(10,11)7(14,15)25-9(18,19)8(16,17)24-6(12,13)4-23-2-3-26(20,21)22/h2-4H2,1H3,(H,20,21,22). The fraction of sp³-hybridized carbons (Fsp3) is 1.00. The van der Waals surface area contributed by atoms with Gasteiger partial charge in [0.05, 0.1) is 12.4 Å². The van der Waals surface area contributed by atoms with Gasteiger partial charge in [-0.2, -0.15) is 52.3 Å². The molecular weight excluding hydrogens is 426 g/mol. The minimum atomic E-state index is -6.63. The average Bonchev–Trinajstić information content (AvgIpc) is 2.29. The first-order chi connectivity index (χ1) is 11.1. The molecule has 0 atom stereocenters. The summed E-state index contributed by atoms with van der Waals surface area (Å²) in [5, 5.41) is 0. The molecule has 0 heterocycles. The Hall–Kier alpha value is -0.910. The van der Waals surface area contributed by atoms with E-state index in [4.69, 9.17) is 4.55 Å². The normalized spacial score (nSPS) is 15.4. The molecule has 0 unspecified atom stereocenters. The molecule has 1 N–H and O–H groups in total. The summed E-state index contributed by atoms with van der Waals surface area (Å²) in [6.07, 6.45) is -24.7. The van der Waals surface area contributed by atoms with E-state index < -0.39 is 66.4 Å². The minimum absolute atomic E-state index is 0.667. The van der Waals surface area contributed by atoms with Crippen molar-refractivity contribution in [2.75, 3.05) is 19.0 Å². The van der Waals surface area contributed by atoms with Crippen LogP contribution in [0.3, 0.4) is 0 Å². The van der Waals surface area contributed by atoms with E-state index in [0.717, 1.165) is 0 Å². The van der Waals surface area contributed by atoms with Crippen molar-refractivity contribution in [3.8, 4) is 0 Å². The van der Waals surface area contributed by atoms with Crippen LogP contribution in [0.5, 0.6) is 0 Å². The van der Waals surface area contributed by atoms with Crippen LogP contribution in [-0.4, -0.2) is 62.3 Å². The van der Waals surface area contributed by atoms with E-state index in [1.165, 1.54) is 0 Å². The van der Waals surface area contributed by atoms with Crippen molar-refractivity contribution in [3.05, 3.63) is 0 Å². The molecule has 158 valence electrons. The highest BCUT2D eigenvalue weighted by Crippen LogP contribution is 2.46. The maximum absolute atomic E-state index is 13.0. The molecule has 0 spiro atoms. The fourth-order valence-electron chi connectivity index (χ4n) is 0.942. The van der Waals surface area contributed by atoms with E-state index in [0.29, 0.717) is 0 Å². The van der Waals surface area contributed by atoms with Crippen molar-refractivity contribution in [3.63, 3.8) is 0 Å². The summed E-state index contributed by atoms with van der Waals surface area (Å²) in [7, 11) is -4.69. The first-order valence-electron chi connectivity index (χ1n) is 5.94. The molecule has 6 nitrogen and oxygen atoms in total. The molecule has 0 aromatic heterocycles. The Balaban J connectivity index is 5.01. The van der Waals surface area contributed by atoms with Gasteiger partial charge in [-0.25, -0.2) is 9.47 Å². The van der Waals surface area contributed by atoms with Crippen molar-refractivity contribution >= 4 is 10.1 Å². The Morgan fingerprint density at radius 3 is 1.62 bits per heavy atom. The van der Waals surface area contributed by atoms with Crippen LogP contribution in [0.2, 0.25) is 0 Å². The largest absolute Gasteiger partial charge is 0.453 e. The highest BCUT2D eigenvalue weighted by atomic mass is 32.2. The molecule has 0 aliphatic carbocycles. The van der Waals surface area contributed by atoms with Gasteiger partial charge in [-0.1, -0.05) is 0 Å². The molecule has 0 rings (SSSR count). The molecule has 0 fully saturated rings. The molecule has 26 heavy (non-hydrogen) atoms. The van der Waals surface area contributed by atoms with E-state index in [1.54, 1.807) is 0 Å². The van der Waals surface area contributed by atoms with Crippen LogP contribution >= 0.6 is 0 Å². The average molecular weight is 436 g/mol. The van der Waals surface area contributed by atoms with Crippen molar-refractivity contribution in [2.45, 2.75) is 37.3 Å². The maximum Gasteiger partial charge on any atom is 0.453 e. The lowest BCUT2D eigenvalue weighted by Gasteiger charge is -2.32. The molecule has 0 aliphatic rings. The Morgan fingerprint density at radius 2 is 1.23 bits per heavy atom. The Morgan fingerprint density at radius 1 is 0.808 bits per heavy atom. The number of halogens is 10. The maximum atomic E-state index is 13.0. The van der Waals surface area contributed by atoms with Gasteiger partial charge in [-0.05, 0) is 0 Å². The highest BCUT2D eigenvalue weighted by molar-refractivity contribution is 7.85. The number of hydrogen-bond acceptors (Lipinski definition) is 5. The van der Waals surface area contributed by atoms with Crippen LogP contribution < -0.4 is 0 Å². The van der Waals surface area contributed by atoms with E-state index in [1.807, 2.05) is 4.74 Å². The molecule has 0 aromatic rings. The number of hydrogen-bond donors (Lipinski definition) is 1. The monoisotopic (exact) mass is 436 g/mol. The van der Waals surface area contributed by atoms with Crippen LogP contribution in [0, 0.1) is 0 Å². The number of rotatable bonds is 11. The number of ether oxygens (including phenoxy) is 3. The van der Waals surface area contributed by atoms with Crippen molar-refractivity contribution in [1.29, 1.82) is 0 Å². The molecule has 17 heteroatoms. The predicted octanol–water partition coefficient (Wildman–Crippen LogP) is 2.95. The van der Waals surface area contributed by atoms with Crippen LogP contribution in [0.25, 0.3) is 0 Å². The lowest BCUT2D eigenvalue weighted by atomic mass is 10.3. The molecule has 0 aliphatic heterocycles. The SMILES string of the molecule is CC(F)(F)C(F)(F)OC(F)(F)C(F)(F)OC(F)(F)COCCS(=O)(=O)O. The summed E-state index contributed by atoms with van der Waals surface area (Å²) in [4.78, 5) is 0. The van der Waals surface area contributed by atoms with Crippen LogP contribution in [0.4, 0.5) is 43.9 Å².